The fraction of sp³-hybridized carbons (Fsp3) is 0.143. The largest absolute Gasteiger partial charge is 0.497 e. The summed E-state index contributed by atoms with van der Waals surface area (Å²) in [6, 6.07) is 16.3. The number of halogens is 1. The number of hydrogen-bond acceptors (Lipinski definition) is 7. The van der Waals surface area contributed by atoms with Crippen LogP contribution in [0.2, 0.25) is 5.02 Å². The van der Waals surface area contributed by atoms with Gasteiger partial charge in [-0.3, -0.25) is 4.79 Å². The van der Waals surface area contributed by atoms with Gasteiger partial charge < -0.3 is 14.8 Å². The lowest BCUT2D eigenvalue weighted by Crippen LogP contribution is -2.15. The molecule has 0 radical (unpaired) electrons. The van der Waals surface area contributed by atoms with Crippen LogP contribution in [0.3, 0.4) is 0 Å². The Labute approximate surface area is 187 Å². The maximum atomic E-state index is 12.5. The van der Waals surface area contributed by atoms with Crippen molar-refractivity contribution < 1.29 is 14.3 Å². The average molecular weight is 456 g/mol. The van der Waals surface area contributed by atoms with Gasteiger partial charge in [-0.05, 0) is 36.4 Å². The Bertz CT molecular complexity index is 1230. The summed E-state index contributed by atoms with van der Waals surface area (Å²) in [5.41, 5.74) is 2.82. The molecule has 0 aliphatic heterocycles. The van der Waals surface area contributed by atoms with E-state index in [1.54, 1.807) is 29.8 Å². The summed E-state index contributed by atoms with van der Waals surface area (Å²) in [4.78, 5) is 12.5. The number of carbonyl (C=O) groups is 1. The van der Waals surface area contributed by atoms with E-state index in [2.05, 4.69) is 20.6 Å². The summed E-state index contributed by atoms with van der Waals surface area (Å²) in [5, 5.41) is 16.9. The SMILES string of the molecule is COc1ccc(NC(=O)CSc2nnc3ccc(-c4ccc(Cl)cc4)nn23)c(OC)c1. The highest BCUT2D eigenvalue weighted by atomic mass is 35.5. The molecule has 4 rings (SSSR count). The number of fused-ring (bicyclic) bond motifs is 1. The van der Waals surface area contributed by atoms with Crippen LogP contribution in [0, 0.1) is 0 Å². The van der Waals surface area contributed by atoms with Crippen LogP contribution in [-0.2, 0) is 4.79 Å². The van der Waals surface area contributed by atoms with Gasteiger partial charge in [-0.25, -0.2) is 0 Å². The second-order valence-corrected chi connectivity index (χ2v) is 7.76. The van der Waals surface area contributed by atoms with Crippen LogP contribution in [0.25, 0.3) is 16.9 Å². The van der Waals surface area contributed by atoms with Crippen LogP contribution in [0.5, 0.6) is 11.5 Å². The Balaban J connectivity index is 1.48. The van der Waals surface area contributed by atoms with Crippen LogP contribution < -0.4 is 14.8 Å². The average Bonchev–Trinajstić information content (AvgIpc) is 3.20. The second-order valence-electron chi connectivity index (χ2n) is 6.38. The standard InChI is InChI=1S/C21H18ClN5O3S/c1-29-15-7-8-17(18(11-15)30-2)23-20(28)12-31-21-25-24-19-10-9-16(26-27(19)21)13-3-5-14(22)6-4-13/h3-11H,12H2,1-2H3,(H,23,28). The van der Waals surface area contributed by atoms with Crippen molar-refractivity contribution >= 4 is 40.6 Å². The van der Waals surface area contributed by atoms with Crippen molar-refractivity contribution in [2.45, 2.75) is 5.16 Å². The number of ether oxygens (including phenoxy) is 2. The number of benzene rings is 2. The fourth-order valence-corrected chi connectivity index (χ4v) is 3.67. The molecule has 4 aromatic rings. The first-order chi connectivity index (χ1) is 15.1. The molecule has 2 aromatic carbocycles. The fourth-order valence-electron chi connectivity index (χ4n) is 2.85. The van der Waals surface area contributed by atoms with Gasteiger partial charge >= 0.3 is 0 Å². The van der Waals surface area contributed by atoms with Crippen molar-refractivity contribution in [1.29, 1.82) is 0 Å². The summed E-state index contributed by atoms with van der Waals surface area (Å²) in [6.45, 7) is 0. The molecule has 8 nitrogen and oxygen atoms in total. The number of anilines is 1. The molecule has 0 aliphatic rings. The van der Waals surface area contributed by atoms with E-state index >= 15 is 0 Å². The quantitative estimate of drug-likeness (QED) is 0.418. The molecule has 0 spiro atoms. The lowest BCUT2D eigenvalue weighted by Gasteiger charge is -2.11. The van der Waals surface area contributed by atoms with Gasteiger partial charge in [0, 0.05) is 16.7 Å². The molecule has 0 bridgehead atoms. The summed E-state index contributed by atoms with van der Waals surface area (Å²) < 4.78 is 12.1. The van der Waals surface area contributed by atoms with Gasteiger partial charge in [0.2, 0.25) is 11.1 Å². The van der Waals surface area contributed by atoms with Gasteiger partial charge in [0.1, 0.15) is 11.5 Å². The van der Waals surface area contributed by atoms with E-state index in [1.165, 1.54) is 18.9 Å². The van der Waals surface area contributed by atoms with E-state index in [4.69, 9.17) is 21.1 Å². The highest BCUT2D eigenvalue weighted by Gasteiger charge is 2.13. The molecule has 1 N–H and O–H groups in total. The van der Waals surface area contributed by atoms with E-state index in [1.807, 2.05) is 36.4 Å². The Morgan fingerprint density at radius 3 is 2.61 bits per heavy atom. The Kier molecular flexibility index (Phi) is 6.24. The van der Waals surface area contributed by atoms with Gasteiger partial charge in [0.25, 0.3) is 0 Å². The van der Waals surface area contributed by atoms with Crippen LogP contribution in [0.4, 0.5) is 5.69 Å². The summed E-state index contributed by atoms with van der Waals surface area (Å²) in [6.07, 6.45) is 0. The van der Waals surface area contributed by atoms with Crippen LogP contribution in [0.15, 0.2) is 59.8 Å². The zero-order valence-corrected chi connectivity index (χ0v) is 18.3. The topological polar surface area (TPSA) is 90.6 Å². The molecule has 1 amide bonds. The molecule has 10 heteroatoms. The van der Waals surface area contributed by atoms with E-state index in [-0.39, 0.29) is 11.7 Å². The monoisotopic (exact) mass is 455 g/mol. The minimum absolute atomic E-state index is 0.128. The predicted molar refractivity (Wildman–Crippen MR) is 120 cm³/mol. The maximum Gasteiger partial charge on any atom is 0.234 e. The maximum absolute atomic E-state index is 12.5. The molecule has 158 valence electrons. The van der Waals surface area contributed by atoms with Gasteiger partial charge in [-0.15, -0.1) is 10.2 Å². The van der Waals surface area contributed by atoms with Gasteiger partial charge in [0.15, 0.2) is 5.65 Å². The zero-order valence-electron chi connectivity index (χ0n) is 16.7. The molecule has 0 unspecified atom stereocenters. The van der Waals surface area contributed by atoms with Crippen LogP contribution in [-0.4, -0.2) is 45.7 Å². The van der Waals surface area contributed by atoms with E-state index in [0.29, 0.717) is 33.0 Å². The Morgan fingerprint density at radius 1 is 1.06 bits per heavy atom. The molecular weight excluding hydrogens is 438 g/mol. The van der Waals surface area contributed by atoms with Crippen LogP contribution in [0.1, 0.15) is 0 Å². The molecule has 0 fully saturated rings. The smallest absolute Gasteiger partial charge is 0.234 e. The van der Waals surface area contributed by atoms with Crippen molar-refractivity contribution in [2.75, 3.05) is 25.3 Å². The van der Waals surface area contributed by atoms with E-state index < -0.39 is 0 Å². The molecular formula is C21H18ClN5O3S. The molecule has 0 aliphatic carbocycles. The number of rotatable bonds is 7. The van der Waals surface area contributed by atoms with E-state index in [0.717, 1.165) is 11.3 Å². The third-order valence-corrected chi connectivity index (χ3v) is 5.56. The van der Waals surface area contributed by atoms with Gasteiger partial charge in [-0.1, -0.05) is 35.5 Å². The number of thioether (sulfide) groups is 1. The number of methoxy groups -OCH3 is 2. The van der Waals surface area contributed by atoms with Crippen molar-refractivity contribution in [2.24, 2.45) is 0 Å². The first-order valence-electron chi connectivity index (χ1n) is 9.20. The molecule has 2 aromatic heterocycles. The number of aromatic nitrogens is 4. The lowest BCUT2D eigenvalue weighted by atomic mass is 10.1. The predicted octanol–water partition coefficient (Wildman–Crippen LogP) is 4.19. The molecule has 31 heavy (non-hydrogen) atoms. The summed E-state index contributed by atoms with van der Waals surface area (Å²) >= 11 is 7.20. The molecule has 0 atom stereocenters. The number of hydrogen-bond donors (Lipinski definition) is 1. The van der Waals surface area contributed by atoms with Crippen molar-refractivity contribution in [3.05, 3.63) is 59.6 Å². The van der Waals surface area contributed by atoms with Gasteiger partial charge in [-0.2, -0.15) is 9.61 Å². The number of nitrogens with one attached hydrogen (secondary N) is 1. The van der Waals surface area contributed by atoms with E-state index in [9.17, 15) is 4.79 Å². The molecule has 0 saturated carbocycles. The van der Waals surface area contributed by atoms with Gasteiger partial charge in [0.05, 0.1) is 31.4 Å². The van der Waals surface area contributed by atoms with Crippen molar-refractivity contribution in [3.8, 4) is 22.8 Å². The third kappa shape index (κ3) is 4.73. The Hall–Kier alpha value is -3.30. The minimum Gasteiger partial charge on any atom is -0.497 e. The number of nitrogens with zero attached hydrogens (tertiary/aromatic N) is 4. The first kappa shape index (κ1) is 21.0. The normalized spacial score (nSPS) is 10.8. The summed E-state index contributed by atoms with van der Waals surface area (Å²) in [7, 11) is 3.10. The zero-order chi connectivity index (χ0) is 21.8. The Morgan fingerprint density at radius 2 is 1.87 bits per heavy atom. The summed E-state index contributed by atoms with van der Waals surface area (Å²) in [5.74, 6) is 1.07. The molecule has 0 saturated heterocycles. The number of carbonyl (C=O) groups excluding carboxylic acids is 1. The second kappa shape index (κ2) is 9.23. The first-order valence-corrected chi connectivity index (χ1v) is 10.6. The highest BCUT2D eigenvalue weighted by molar-refractivity contribution is 7.99. The van der Waals surface area contributed by atoms with Crippen molar-refractivity contribution in [3.63, 3.8) is 0 Å². The lowest BCUT2D eigenvalue weighted by molar-refractivity contribution is -0.113. The molecule has 2 heterocycles. The van der Waals surface area contributed by atoms with Crippen LogP contribution >= 0.6 is 23.4 Å². The van der Waals surface area contributed by atoms with Crippen molar-refractivity contribution in [1.82, 2.24) is 19.8 Å². The third-order valence-electron chi connectivity index (χ3n) is 4.39. The number of amides is 1. The highest BCUT2D eigenvalue weighted by Crippen LogP contribution is 2.29. The minimum atomic E-state index is -0.209.